The topological polar surface area (TPSA) is 75.1 Å². The van der Waals surface area contributed by atoms with Crippen LogP contribution in [0.1, 0.15) is 26.2 Å². The zero-order chi connectivity index (χ0) is 11.1. The number of carbonyl (C=O) groups is 1. The van der Waals surface area contributed by atoms with E-state index in [2.05, 4.69) is 10.0 Å². The van der Waals surface area contributed by atoms with Crippen molar-refractivity contribution in [2.75, 3.05) is 6.61 Å². The van der Waals surface area contributed by atoms with E-state index in [1.54, 1.807) is 13.0 Å². The summed E-state index contributed by atoms with van der Waals surface area (Å²) in [6.45, 7) is 2.16. The van der Waals surface area contributed by atoms with Crippen molar-refractivity contribution in [2.45, 2.75) is 26.2 Å². The van der Waals surface area contributed by atoms with Gasteiger partial charge in [0.05, 0.1) is 13.0 Å². The number of hydrogen-bond acceptors (Lipinski definition) is 3. The van der Waals surface area contributed by atoms with Gasteiger partial charge >= 0.3 is 5.97 Å². The van der Waals surface area contributed by atoms with E-state index in [4.69, 9.17) is 10.3 Å². The maximum atomic E-state index is 11.1. The molecule has 0 atom stereocenters. The van der Waals surface area contributed by atoms with Crippen LogP contribution in [0.4, 0.5) is 0 Å². The molecule has 1 aliphatic rings. The molecule has 1 aliphatic carbocycles. The Hall–Kier alpha value is -1.74. The summed E-state index contributed by atoms with van der Waals surface area (Å²) in [6, 6.07) is 0. The smallest absolute Gasteiger partial charge is 0.309 e. The fourth-order valence-corrected chi connectivity index (χ4v) is 1.41. The molecule has 15 heavy (non-hydrogen) atoms. The van der Waals surface area contributed by atoms with Crippen molar-refractivity contribution in [1.29, 1.82) is 0 Å². The second-order valence-electron chi connectivity index (χ2n) is 3.06. The van der Waals surface area contributed by atoms with Crippen molar-refractivity contribution in [3.63, 3.8) is 0 Å². The summed E-state index contributed by atoms with van der Waals surface area (Å²) in [5.41, 5.74) is 9.88. The van der Waals surface area contributed by atoms with Gasteiger partial charge in [-0.1, -0.05) is 17.3 Å². The molecule has 0 saturated heterocycles. The highest BCUT2D eigenvalue weighted by Gasteiger charge is 2.10. The van der Waals surface area contributed by atoms with Crippen molar-refractivity contribution < 1.29 is 9.53 Å². The number of rotatable bonds is 4. The Balaban J connectivity index is 2.56. The number of nitrogens with zero attached hydrogens (tertiary/aromatic N) is 3. The third-order valence-corrected chi connectivity index (χ3v) is 2.05. The van der Waals surface area contributed by atoms with Crippen LogP contribution in [-0.4, -0.2) is 12.6 Å². The maximum absolute atomic E-state index is 11.1. The van der Waals surface area contributed by atoms with Gasteiger partial charge < -0.3 is 4.74 Å². The lowest BCUT2D eigenvalue weighted by Crippen LogP contribution is -2.02. The predicted octanol–water partition coefficient (Wildman–Crippen LogP) is 2.85. The van der Waals surface area contributed by atoms with E-state index in [1.807, 2.05) is 6.08 Å². The molecule has 0 aliphatic heterocycles. The fourth-order valence-electron chi connectivity index (χ4n) is 1.41. The number of hydrogen-bond donors (Lipinski definition) is 0. The number of azide groups is 1. The number of carbonyl (C=O) groups excluding carboxylic acids is 1. The minimum Gasteiger partial charge on any atom is -0.466 e. The van der Waals surface area contributed by atoms with Gasteiger partial charge in [-0.3, -0.25) is 4.79 Å². The van der Waals surface area contributed by atoms with Gasteiger partial charge in [-0.2, -0.15) is 0 Å². The molecule has 0 fully saturated rings. The lowest BCUT2D eigenvalue weighted by molar-refractivity contribution is -0.142. The molecule has 5 nitrogen and oxygen atoms in total. The number of allylic oxidation sites excluding steroid dienone is 2. The van der Waals surface area contributed by atoms with Gasteiger partial charge in [-0.15, -0.1) is 0 Å². The van der Waals surface area contributed by atoms with Gasteiger partial charge in [0.1, 0.15) is 0 Å². The quantitative estimate of drug-likeness (QED) is 0.307. The summed E-state index contributed by atoms with van der Waals surface area (Å²) in [4.78, 5) is 13.8. The standard InChI is InChI=1S/C10H13N3O2/c1-2-15-10(14)7-6-8-4-3-5-9(8)12-13-11/h5-6H,2-4,7H2,1H3. The molecule has 0 aromatic carbocycles. The summed E-state index contributed by atoms with van der Waals surface area (Å²) in [5, 5.41) is 3.55. The highest BCUT2D eigenvalue weighted by Crippen LogP contribution is 2.26. The Morgan fingerprint density at radius 3 is 3.27 bits per heavy atom. The molecule has 0 aromatic rings. The van der Waals surface area contributed by atoms with Crippen LogP contribution in [0, 0.1) is 0 Å². The van der Waals surface area contributed by atoms with Crippen LogP contribution < -0.4 is 0 Å². The first-order valence-electron chi connectivity index (χ1n) is 4.88. The molecule has 0 saturated carbocycles. The molecule has 0 amide bonds. The minimum atomic E-state index is -0.253. The molecule has 0 N–H and O–H groups in total. The summed E-state index contributed by atoms with van der Waals surface area (Å²) in [5.74, 6) is -0.253. The Morgan fingerprint density at radius 2 is 2.60 bits per heavy atom. The zero-order valence-electron chi connectivity index (χ0n) is 8.64. The van der Waals surface area contributed by atoms with E-state index >= 15 is 0 Å². The third-order valence-electron chi connectivity index (χ3n) is 2.05. The van der Waals surface area contributed by atoms with Crippen LogP contribution >= 0.6 is 0 Å². The lowest BCUT2D eigenvalue weighted by Gasteiger charge is -2.00. The molecule has 0 radical (unpaired) electrons. The monoisotopic (exact) mass is 207 g/mol. The van der Waals surface area contributed by atoms with Crippen LogP contribution in [0.5, 0.6) is 0 Å². The first-order chi connectivity index (χ1) is 7.27. The molecule has 0 heterocycles. The molecule has 0 unspecified atom stereocenters. The minimum absolute atomic E-state index is 0.238. The van der Waals surface area contributed by atoms with Crippen molar-refractivity contribution in [1.82, 2.24) is 0 Å². The van der Waals surface area contributed by atoms with Crippen LogP contribution in [-0.2, 0) is 9.53 Å². The predicted molar refractivity (Wildman–Crippen MR) is 55.8 cm³/mol. The number of ether oxygens (including phenoxy) is 1. The van der Waals surface area contributed by atoms with Gasteiger partial charge in [-0.25, -0.2) is 0 Å². The SMILES string of the molecule is CCOC(=O)CC=C1CCC=C1N=[N+]=[N-]. The second kappa shape index (κ2) is 5.88. The van der Waals surface area contributed by atoms with Gasteiger partial charge in [0, 0.05) is 10.6 Å². The Labute approximate surface area is 88.0 Å². The van der Waals surface area contributed by atoms with Gasteiger partial charge in [0.2, 0.25) is 0 Å². The summed E-state index contributed by atoms with van der Waals surface area (Å²) in [7, 11) is 0. The molecular weight excluding hydrogens is 194 g/mol. The molecule has 5 heteroatoms. The van der Waals surface area contributed by atoms with Crippen molar-refractivity contribution in [3.05, 3.63) is 33.9 Å². The highest BCUT2D eigenvalue weighted by molar-refractivity contribution is 5.71. The maximum Gasteiger partial charge on any atom is 0.309 e. The van der Waals surface area contributed by atoms with E-state index in [0.717, 1.165) is 18.4 Å². The summed E-state index contributed by atoms with van der Waals surface area (Å²) < 4.78 is 4.79. The average molecular weight is 207 g/mol. The Morgan fingerprint density at radius 1 is 1.80 bits per heavy atom. The van der Waals surface area contributed by atoms with E-state index in [1.165, 1.54) is 0 Å². The lowest BCUT2D eigenvalue weighted by atomic mass is 10.2. The normalized spacial score (nSPS) is 17.1. The molecule has 80 valence electrons. The van der Waals surface area contributed by atoms with Crippen molar-refractivity contribution in [3.8, 4) is 0 Å². The largest absolute Gasteiger partial charge is 0.466 e. The average Bonchev–Trinajstić information content (AvgIpc) is 2.64. The van der Waals surface area contributed by atoms with Crippen LogP contribution in [0.3, 0.4) is 0 Å². The van der Waals surface area contributed by atoms with E-state index in [0.29, 0.717) is 12.3 Å². The molecular formula is C10H13N3O2. The first kappa shape index (κ1) is 11.3. The summed E-state index contributed by atoms with van der Waals surface area (Å²) >= 11 is 0. The van der Waals surface area contributed by atoms with Crippen molar-refractivity contribution in [2.24, 2.45) is 5.11 Å². The van der Waals surface area contributed by atoms with Gasteiger partial charge in [0.25, 0.3) is 0 Å². The van der Waals surface area contributed by atoms with Crippen LogP contribution in [0.25, 0.3) is 10.4 Å². The number of esters is 1. The molecule has 1 rings (SSSR count). The van der Waals surface area contributed by atoms with Gasteiger partial charge in [-0.05, 0) is 30.9 Å². The second-order valence-corrected chi connectivity index (χ2v) is 3.06. The first-order valence-corrected chi connectivity index (χ1v) is 4.88. The zero-order valence-corrected chi connectivity index (χ0v) is 8.64. The molecule has 0 aromatic heterocycles. The Bertz CT molecular complexity index is 352. The van der Waals surface area contributed by atoms with E-state index < -0.39 is 0 Å². The Kier molecular flexibility index (Phi) is 4.44. The third kappa shape index (κ3) is 3.48. The van der Waals surface area contributed by atoms with E-state index in [9.17, 15) is 4.79 Å². The van der Waals surface area contributed by atoms with Crippen LogP contribution in [0.15, 0.2) is 28.5 Å². The highest BCUT2D eigenvalue weighted by atomic mass is 16.5. The van der Waals surface area contributed by atoms with Gasteiger partial charge in [0.15, 0.2) is 0 Å². The molecule has 0 bridgehead atoms. The van der Waals surface area contributed by atoms with Crippen molar-refractivity contribution >= 4 is 5.97 Å². The molecule has 0 spiro atoms. The fraction of sp³-hybridized carbons (Fsp3) is 0.500. The summed E-state index contributed by atoms with van der Waals surface area (Å²) in [6.07, 6.45) is 5.57. The van der Waals surface area contributed by atoms with Crippen LogP contribution in [0.2, 0.25) is 0 Å². The van der Waals surface area contributed by atoms with E-state index in [-0.39, 0.29) is 12.4 Å².